The highest BCUT2D eigenvalue weighted by Gasteiger charge is 2.21. The number of hydrogen-bond acceptors (Lipinski definition) is 6. The van der Waals surface area contributed by atoms with Crippen LogP contribution in [0.1, 0.15) is 21.5 Å². The van der Waals surface area contributed by atoms with E-state index < -0.39 is 15.8 Å². The molecule has 30 heavy (non-hydrogen) atoms. The van der Waals surface area contributed by atoms with Gasteiger partial charge in [-0.25, -0.2) is 13.2 Å². The topological polar surface area (TPSA) is 92.7 Å². The van der Waals surface area contributed by atoms with Gasteiger partial charge in [-0.1, -0.05) is 42.5 Å². The van der Waals surface area contributed by atoms with Gasteiger partial charge in [0.15, 0.2) is 0 Å². The van der Waals surface area contributed by atoms with Crippen molar-refractivity contribution < 1.29 is 23.1 Å². The Labute approximate surface area is 176 Å². The summed E-state index contributed by atoms with van der Waals surface area (Å²) in [6.07, 6.45) is 0.763. The van der Waals surface area contributed by atoms with Crippen molar-refractivity contribution in [2.45, 2.75) is 22.8 Å². The van der Waals surface area contributed by atoms with Crippen molar-refractivity contribution >= 4 is 15.8 Å². The summed E-state index contributed by atoms with van der Waals surface area (Å²) in [5.74, 6) is -1.14. The van der Waals surface area contributed by atoms with Crippen LogP contribution in [0.4, 0.5) is 0 Å². The third-order valence-corrected chi connectivity index (χ3v) is 6.45. The van der Waals surface area contributed by atoms with Gasteiger partial charge >= 0.3 is 5.97 Å². The van der Waals surface area contributed by atoms with E-state index in [4.69, 9.17) is 0 Å². The molecule has 0 aliphatic heterocycles. The molecule has 0 aromatic heterocycles. The number of aromatic hydroxyl groups is 1. The smallest absolute Gasteiger partial charge is 0.341 e. The largest absolute Gasteiger partial charge is 0.507 e. The lowest BCUT2D eigenvalue weighted by Crippen LogP contribution is -2.16. The molecule has 0 radical (unpaired) electrons. The number of nitrogens with one attached hydrogen (secondary N) is 1. The number of carbonyl (C=O) groups excluding carboxylic acids is 1. The Hall–Kier alpha value is -3.16. The molecular formula is C23H23NO5S. The van der Waals surface area contributed by atoms with Crippen molar-refractivity contribution in [1.29, 1.82) is 0 Å². The number of sulfone groups is 1. The number of hydrogen-bond donors (Lipinski definition) is 2. The average Bonchev–Trinajstić information content (AvgIpc) is 2.77. The number of esters is 1. The number of rotatable bonds is 8. The molecule has 0 heterocycles. The Morgan fingerprint density at radius 2 is 1.60 bits per heavy atom. The van der Waals surface area contributed by atoms with E-state index in [1.165, 1.54) is 17.7 Å². The number of benzene rings is 3. The second kappa shape index (κ2) is 9.56. The highest BCUT2D eigenvalue weighted by molar-refractivity contribution is 7.91. The van der Waals surface area contributed by atoms with Gasteiger partial charge in [0.1, 0.15) is 11.3 Å². The van der Waals surface area contributed by atoms with Gasteiger partial charge in [0, 0.05) is 6.54 Å². The highest BCUT2D eigenvalue weighted by atomic mass is 32.2. The fourth-order valence-corrected chi connectivity index (χ4v) is 4.28. The van der Waals surface area contributed by atoms with Crippen LogP contribution in [-0.2, 0) is 27.5 Å². The number of phenols is 1. The van der Waals surface area contributed by atoms with E-state index in [2.05, 4.69) is 22.2 Å². The molecule has 2 N–H and O–H groups in total. The van der Waals surface area contributed by atoms with Gasteiger partial charge in [-0.15, -0.1) is 0 Å². The second-order valence-corrected chi connectivity index (χ2v) is 8.68. The Bertz CT molecular complexity index is 1110. The van der Waals surface area contributed by atoms with Crippen LogP contribution in [0.3, 0.4) is 0 Å². The van der Waals surface area contributed by atoms with Gasteiger partial charge in [-0.2, -0.15) is 0 Å². The molecule has 6 nitrogen and oxygen atoms in total. The second-order valence-electron chi connectivity index (χ2n) is 6.73. The van der Waals surface area contributed by atoms with Crippen LogP contribution in [-0.4, -0.2) is 33.1 Å². The molecule has 0 spiro atoms. The summed E-state index contributed by atoms with van der Waals surface area (Å²) in [5.41, 5.74) is 2.02. The van der Waals surface area contributed by atoms with Crippen LogP contribution in [0, 0.1) is 0 Å². The predicted octanol–water partition coefficient (Wildman–Crippen LogP) is 3.34. The maximum Gasteiger partial charge on any atom is 0.341 e. The standard InChI is InChI=1S/C23H23NO5S/c1-29-23(26)21-15-20(11-12-22(21)25)30(27,28)19-9-7-17(8-10-19)13-14-24-16-18-5-3-2-4-6-18/h2-12,15,24-25H,13-14,16H2,1H3. The van der Waals surface area contributed by atoms with Gasteiger partial charge in [0.25, 0.3) is 0 Å². The van der Waals surface area contributed by atoms with Crippen molar-refractivity contribution in [3.8, 4) is 5.75 Å². The summed E-state index contributed by atoms with van der Waals surface area (Å²) in [5, 5.41) is 13.1. The molecule has 0 fully saturated rings. The normalized spacial score (nSPS) is 11.2. The maximum atomic E-state index is 12.9. The van der Waals surface area contributed by atoms with E-state index in [-0.39, 0.29) is 21.1 Å². The molecule has 0 bridgehead atoms. The lowest BCUT2D eigenvalue weighted by atomic mass is 10.1. The van der Waals surface area contributed by atoms with Crippen molar-refractivity contribution in [2.24, 2.45) is 0 Å². The molecule has 7 heteroatoms. The molecule has 0 amide bonds. The van der Waals surface area contributed by atoms with Gasteiger partial charge in [0.2, 0.25) is 9.84 Å². The molecule has 0 atom stereocenters. The first kappa shape index (κ1) is 21.5. The lowest BCUT2D eigenvalue weighted by Gasteiger charge is -2.09. The average molecular weight is 426 g/mol. The summed E-state index contributed by atoms with van der Waals surface area (Å²) in [4.78, 5) is 11.8. The summed E-state index contributed by atoms with van der Waals surface area (Å²) in [6.45, 7) is 1.54. The monoisotopic (exact) mass is 425 g/mol. The summed E-state index contributed by atoms with van der Waals surface area (Å²) < 4.78 is 30.4. The van der Waals surface area contributed by atoms with E-state index in [1.54, 1.807) is 24.3 Å². The molecule has 0 aliphatic carbocycles. The zero-order valence-electron chi connectivity index (χ0n) is 16.5. The predicted molar refractivity (Wildman–Crippen MR) is 113 cm³/mol. The van der Waals surface area contributed by atoms with Crippen LogP contribution in [0.15, 0.2) is 82.6 Å². The fourth-order valence-electron chi connectivity index (χ4n) is 2.99. The first-order valence-corrected chi connectivity index (χ1v) is 10.9. The van der Waals surface area contributed by atoms with E-state index >= 15 is 0 Å². The Kier molecular flexibility index (Phi) is 6.87. The zero-order valence-corrected chi connectivity index (χ0v) is 17.4. The van der Waals surface area contributed by atoms with E-state index in [1.807, 2.05) is 18.2 Å². The number of ether oxygens (including phenoxy) is 1. The Morgan fingerprint density at radius 3 is 2.27 bits per heavy atom. The van der Waals surface area contributed by atoms with Crippen molar-refractivity contribution in [2.75, 3.05) is 13.7 Å². The quantitative estimate of drug-likeness (QED) is 0.425. The number of phenolic OH excluding ortho intramolecular Hbond substituents is 1. The molecule has 3 aromatic carbocycles. The molecular weight excluding hydrogens is 402 g/mol. The van der Waals surface area contributed by atoms with E-state index in [9.17, 15) is 18.3 Å². The van der Waals surface area contributed by atoms with Crippen molar-refractivity contribution in [1.82, 2.24) is 5.32 Å². The summed E-state index contributed by atoms with van der Waals surface area (Å²) in [6, 6.07) is 20.3. The third-order valence-electron chi connectivity index (χ3n) is 4.68. The molecule has 156 valence electrons. The first-order chi connectivity index (χ1) is 14.4. The molecule has 3 aromatic rings. The fraction of sp³-hybridized carbons (Fsp3) is 0.174. The van der Waals surface area contributed by atoms with Gasteiger partial charge in [-0.05, 0) is 54.4 Å². The number of methoxy groups -OCH3 is 1. The zero-order chi connectivity index (χ0) is 21.6. The molecule has 3 rings (SSSR count). The van der Waals surface area contributed by atoms with E-state index in [0.717, 1.165) is 38.2 Å². The molecule has 0 unspecified atom stereocenters. The van der Waals surface area contributed by atoms with Gasteiger partial charge < -0.3 is 15.2 Å². The van der Waals surface area contributed by atoms with Crippen LogP contribution in [0.5, 0.6) is 5.75 Å². The minimum absolute atomic E-state index is 0.0852. The van der Waals surface area contributed by atoms with Crippen molar-refractivity contribution in [3.05, 3.63) is 89.5 Å². The van der Waals surface area contributed by atoms with Crippen LogP contribution < -0.4 is 5.32 Å². The first-order valence-electron chi connectivity index (χ1n) is 9.42. The maximum absolute atomic E-state index is 12.9. The number of carbonyl (C=O) groups is 1. The third kappa shape index (κ3) is 5.06. The highest BCUT2D eigenvalue weighted by Crippen LogP contribution is 2.26. The molecule has 0 saturated carbocycles. The lowest BCUT2D eigenvalue weighted by molar-refractivity contribution is 0.0597. The van der Waals surface area contributed by atoms with E-state index in [0.29, 0.717) is 0 Å². The Balaban J connectivity index is 1.67. The SMILES string of the molecule is COC(=O)c1cc(S(=O)(=O)c2ccc(CCNCc3ccccc3)cc2)ccc1O. The van der Waals surface area contributed by atoms with Gasteiger partial charge in [-0.3, -0.25) is 0 Å². The Morgan fingerprint density at radius 1 is 0.933 bits per heavy atom. The minimum atomic E-state index is -3.83. The van der Waals surface area contributed by atoms with Crippen LogP contribution in [0.25, 0.3) is 0 Å². The summed E-state index contributed by atoms with van der Waals surface area (Å²) in [7, 11) is -2.67. The molecule has 0 aliphatic rings. The van der Waals surface area contributed by atoms with Crippen molar-refractivity contribution in [3.63, 3.8) is 0 Å². The molecule has 0 saturated heterocycles. The van der Waals surface area contributed by atoms with Crippen LogP contribution >= 0.6 is 0 Å². The minimum Gasteiger partial charge on any atom is -0.507 e. The van der Waals surface area contributed by atoms with Gasteiger partial charge in [0.05, 0.1) is 16.9 Å². The van der Waals surface area contributed by atoms with Crippen LogP contribution in [0.2, 0.25) is 0 Å². The summed E-state index contributed by atoms with van der Waals surface area (Å²) >= 11 is 0.